The van der Waals surface area contributed by atoms with Gasteiger partial charge in [0.25, 0.3) is 5.91 Å². The summed E-state index contributed by atoms with van der Waals surface area (Å²) < 4.78 is 11.0. The van der Waals surface area contributed by atoms with Gasteiger partial charge in [-0.05, 0) is 47.9 Å². The molecule has 1 aliphatic heterocycles. The molecule has 2 heterocycles. The molecule has 0 atom stereocenters. The average Bonchev–Trinajstić information content (AvgIpc) is 2.84. The third-order valence-electron chi connectivity index (χ3n) is 5.34. The molecule has 0 unspecified atom stereocenters. The molecule has 1 N–H and O–H groups in total. The van der Waals surface area contributed by atoms with Crippen molar-refractivity contribution < 1.29 is 14.3 Å². The van der Waals surface area contributed by atoms with E-state index in [2.05, 4.69) is 34.3 Å². The zero-order chi connectivity index (χ0) is 22.3. The van der Waals surface area contributed by atoms with Gasteiger partial charge in [-0.15, -0.1) is 10.2 Å². The lowest BCUT2D eigenvalue weighted by Crippen LogP contribution is -2.36. The first kappa shape index (κ1) is 21.8. The van der Waals surface area contributed by atoms with E-state index in [1.54, 1.807) is 0 Å². The van der Waals surface area contributed by atoms with Crippen molar-refractivity contribution >= 4 is 17.4 Å². The highest BCUT2D eigenvalue weighted by Gasteiger charge is 2.13. The molecule has 1 saturated heterocycles. The molecule has 7 heteroatoms. The first-order valence-electron chi connectivity index (χ1n) is 10.9. The van der Waals surface area contributed by atoms with Crippen LogP contribution in [0.3, 0.4) is 0 Å². The fraction of sp³-hybridized carbons (Fsp3) is 0.320. The van der Waals surface area contributed by atoms with Crippen LogP contribution in [0.15, 0.2) is 60.7 Å². The quantitative estimate of drug-likeness (QED) is 0.605. The van der Waals surface area contributed by atoms with Crippen LogP contribution in [-0.2, 0) is 9.53 Å². The predicted octanol–water partition coefficient (Wildman–Crippen LogP) is 4.12. The molecule has 1 aromatic heterocycles. The van der Waals surface area contributed by atoms with E-state index >= 15 is 0 Å². The van der Waals surface area contributed by atoms with Gasteiger partial charge in [0.2, 0.25) is 0 Å². The molecular weight excluding hydrogens is 404 g/mol. The molecule has 0 bridgehead atoms. The zero-order valence-electron chi connectivity index (χ0n) is 18.5. The van der Waals surface area contributed by atoms with Crippen LogP contribution in [0.5, 0.6) is 5.75 Å². The monoisotopic (exact) mass is 432 g/mol. The van der Waals surface area contributed by atoms with Crippen LogP contribution < -0.4 is 15.0 Å². The van der Waals surface area contributed by atoms with Crippen LogP contribution >= 0.6 is 0 Å². The fourth-order valence-corrected chi connectivity index (χ4v) is 3.49. The van der Waals surface area contributed by atoms with Crippen molar-refractivity contribution in [3.63, 3.8) is 0 Å². The number of carbonyl (C=O) groups excluding carboxylic acids is 1. The number of ether oxygens (including phenoxy) is 2. The maximum atomic E-state index is 12.3. The van der Waals surface area contributed by atoms with E-state index < -0.39 is 0 Å². The molecule has 32 heavy (non-hydrogen) atoms. The Morgan fingerprint density at radius 3 is 2.53 bits per heavy atom. The van der Waals surface area contributed by atoms with Crippen molar-refractivity contribution in [2.45, 2.75) is 19.8 Å². The van der Waals surface area contributed by atoms with E-state index in [9.17, 15) is 4.79 Å². The fourth-order valence-electron chi connectivity index (χ4n) is 3.49. The van der Waals surface area contributed by atoms with Crippen molar-refractivity contribution in [3.05, 3.63) is 66.2 Å². The summed E-state index contributed by atoms with van der Waals surface area (Å²) in [5.41, 5.74) is 3.55. The van der Waals surface area contributed by atoms with Crippen LogP contribution in [-0.4, -0.2) is 49.0 Å². The molecule has 0 radical (unpaired) electrons. The Hall–Kier alpha value is -3.45. The average molecular weight is 433 g/mol. The number of nitrogens with zero attached hydrogens (tertiary/aromatic N) is 3. The minimum atomic E-state index is -0.219. The zero-order valence-corrected chi connectivity index (χ0v) is 18.5. The Kier molecular flexibility index (Phi) is 6.97. The summed E-state index contributed by atoms with van der Waals surface area (Å²) >= 11 is 0. The normalized spacial score (nSPS) is 13.8. The molecule has 4 rings (SSSR count). The van der Waals surface area contributed by atoms with Gasteiger partial charge in [-0.25, -0.2) is 0 Å². The third-order valence-corrected chi connectivity index (χ3v) is 5.34. The number of hydrogen-bond acceptors (Lipinski definition) is 6. The summed E-state index contributed by atoms with van der Waals surface area (Å²) in [5.74, 6) is 1.76. The first-order valence-corrected chi connectivity index (χ1v) is 10.9. The lowest BCUT2D eigenvalue weighted by molar-refractivity contribution is -0.118. The molecule has 1 amide bonds. The summed E-state index contributed by atoms with van der Waals surface area (Å²) in [6, 6.07) is 19.3. The Bertz CT molecular complexity index is 1030. The van der Waals surface area contributed by atoms with Crippen LogP contribution in [0, 0.1) is 0 Å². The van der Waals surface area contributed by atoms with Gasteiger partial charge < -0.3 is 19.7 Å². The van der Waals surface area contributed by atoms with E-state index in [4.69, 9.17) is 9.47 Å². The van der Waals surface area contributed by atoms with Gasteiger partial charge in [0, 0.05) is 24.3 Å². The van der Waals surface area contributed by atoms with Crippen LogP contribution in [0.2, 0.25) is 0 Å². The number of carbonyl (C=O) groups is 1. The van der Waals surface area contributed by atoms with Crippen molar-refractivity contribution in [3.8, 4) is 17.0 Å². The van der Waals surface area contributed by atoms with E-state index in [-0.39, 0.29) is 12.5 Å². The van der Waals surface area contributed by atoms with E-state index in [0.717, 1.165) is 30.2 Å². The molecule has 0 saturated carbocycles. The molecule has 1 fully saturated rings. The van der Waals surface area contributed by atoms with Gasteiger partial charge in [-0.3, -0.25) is 4.79 Å². The Balaban J connectivity index is 1.34. The predicted molar refractivity (Wildman–Crippen MR) is 125 cm³/mol. The number of hydrogen-bond donors (Lipinski definition) is 1. The Morgan fingerprint density at radius 1 is 1.06 bits per heavy atom. The van der Waals surface area contributed by atoms with Gasteiger partial charge >= 0.3 is 0 Å². The summed E-state index contributed by atoms with van der Waals surface area (Å²) in [6.07, 6.45) is 0. The number of benzene rings is 2. The topological polar surface area (TPSA) is 76.6 Å². The van der Waals surface area contributed by atoms with Crippen LogP contribution in [0.1, 0.15) is 25.3 Å². The maximum absolute atomic E-state index is 12.3. The number of anilines is 2. The van der Waals surface area contributed by atoms with Gasteiger partial charge in [0.05, 0.1) is 18.9 Å². The van der Waals surface area contributed by atoms with Crippen LogP contribution in [0.4, 0.5) is 11.5 Å². The Labute approximate surface area is 188 Å². The maximum Gasteiger partial charge on any atom is 0.262 e. The van der Waals surface area contributed by atoms with Crippen molar-refractivity contribution in [2.24, 2.45) is 0 Å². The van der Waals surface area contributed by atoms with E-state index in [1.165, 1.54) is 5.56 Å². The number of rotatable bonds is 7. The molecule has 3 aromatic rings. The van der Waals surface area contributed by atoms with Gasteiger partial charge in [0.1, 0.15) is 5.75 Å². The second-order valence-corrected chi connectivity index (χ2v) is 8.02. The van der Waals surface area contributed by atoms with Gasteiger partial charge in [-0.1, -0.05) is 38.1 Å². The highest BCUT2D eigenvalue weighted by atomic mass is 16.5. The number of morpholine rings is 1. The van der Waals surface area contributed by atoms with Crippen molar-refractivity contribution in [1.82, 2.24) is 10.2 Å². The summed E-state index contributed by atoms with van der Waals surface area (Å²) in [5, 5.41) is 11.6. The minimum Gasteiger partial charge on any atom is -0.484 e. The largest absolute Gasteiger partial charge is 0.484 e. The molecule has 0 spiro atoms. The second kappa shape index (κ2) is 10.2. The SMILES string of the molecule is CC(C)c1ccc(OCC(=O)Nc2cccc(-c3ccc(N4CCOCC4)nn3)c2)cc1. The molecular formula is C25H28N4O3. The molecule has 0 aliphatic carbocycles. The van der Waals surface area contributed by atoms with E-state index in [1.807, 2.05) is 60.7 Å². The first-order chi connectivity index (χ1) is 15.6. The van der Waals surface area contributed by atoms with Crippen LogP contribution in [0.25, 0.3) is 11.3 Å². The molecule has 2 aromatic carbocycles. The molecule has 166 valence electrons. The molecule has 1 aliphatic rings. The molecule has 7 nitrogen and oxygen atoms in total. The summed E-state index contributed by atoms with van der Waals surface area (Å²) in [6.45, 7) is 7.28. The summed E-state index contributed by atoms with van der Waals surface area (Å²) in [7, 11) is 0. The van der Waals surface area contributed by atoms with Gasteiger partial charge in [-0.2, -0.15) is 0 Å². The second-order valence-electron chi connectivity index (χ2n) is 8.02. The smallest absolute Gasteiger partial charge is 0.262 e. The van der Waals surface area contributed by atoms with Gasteiger partial charge in [0.15, 0.2) is 12.4 Å². The summed E-state index contributed by atoms with van der Waals surface area (Å²) in [4.78, 5) is 14.5. The Morgan fingerprint density at radius 2 is 1.84 bits per heavy atom. The third kappa shape index (κ3) is 5.62. The number of nitrogens with one attached hydrogen (secondary N) is 1. The lowest BCUT2D eigenvalue weighted by Gasteiger charge is -2.27. The van der Waals surface area contributed by atoms with Crippen molar-refractivity contribution in [2.75, 3.05) is 43.1 Å². The number of aromatic nitrogens is 2. The minimum absolute atomic E-state index is 0.0562. The highest BCUT2D eigenvalue weighted by Crippen LogP contribution is 2.23. The van der Waals surface area contributed by atoms with E-state index in [0.29, 0.717) is 30.6 Å². The lowest BCUT2D eigenvalue weighted by atomic mass is 10.0. The van der Waals surface area contributed by atoms with Crippen molar-refractivity contribution in [1.29, 1.82) is 0 Å². The highest BCUT2D eigenvalue weighted by molar-refractivity contribution is 5.92. The standard InChI is InChI=1S/C25H28N4O3/c1-18(2)19-6-8-22(9-7-19)32-17-25(30)26-21-5-3-4-20(16-21)23-10-11-24(28-27-23)29-12-14-31-15-13-29/h3-11,16,18H,12-15,17H2,1-2H3,(H,26,30). The number of amides is 1.